The Kier molecular flexibility index (Phi) is 5.68. The minimum atomic E-state index is 0.140. The number of hydrogen-bond acceptors (Lipinski definition) is 2. The number of aromatic nitrogens is 2. The van der Waals surface area contributed by atoms with Gasteiger partial charge in [-0.3, -0.25) is 4.68 Å². The maximum atomic E-state index is 6.09. The highest BCUT2D eigenvalue weighted by atomic mass is 35.5. The summed E-state index contributed by atoms with van der Waals surface area (Å²) >= 11 is 12.2. The summed E-state index contributed by atoms with van der Waals surface area (Å²) in [5, 5.41) is 9.27. The number of halogens is 2. The Morgan fingerprint density at radius 1 is 1.24 bits per heavy atom. The third-order valence-electron chi connectivity index (χ3n) is 3.75. The van der Waals surface area contributed by atoms with Gasteiger partial charge >= 0.3 is 0 Å². The fraction of sp³-hybridized carbons (Fsp3) is 0.438. The molecule has 0 saturated heterocycles. The van der Waals surface area contributed by atoms with Gasteiger partial charge in [0, 0.05) is 34.7 Å². The molecule has 1 heterocycles. The molecule has 0 amide bonds. The van der Waals surface area contributed by atoms with Crippen LogP contribution < -0.4 is 5.32 Å². The molecule has 0 spiro atoms. The highest BCUT2D eigenvalue weighted by Crippen LogP contribution is 2.25. The molecule has 1 aromatic carbocycles. The van der Waals surface area contributed by atoms with Crippen molar-refractivity contribution < 1.29 is 0 Å². The molecule has 0 aliphatic heterocycles. The van der Waals surface area contributed by atoms with Crippen molar-refractivity contribution in [3.8, 4) is 0 Å². The Labute approximate surface area is 136 Å². The van der Waals surface area contributed by atoms with E-state index >= 15 is 0 Å². The third kappa shape index (κ3) is 4.22. The molecule has 2 rings (SSSR count). The van der Waals surface area contributed by atoms with E-state index in [9.17, 15) is 0 Å². The van der Waals surface area contributed by atoms with E-state index in [1.807, 2.05) is 30.1 Å². The Morgan fingerprint density at radius 3 is 2.48 bits per heavy atom. The number of rotatable bonds is 6. The van der Waals surface area contributed by atoms with Crippen molar-refractivity contribution in [3.05, 3.63) is 51.8 Å². The van der Waals surface area contributed by atoms with Crippen LogP contribution in [0.3, 0.4) is 0 Å². The molecule has 0 radical (unpaired) electrons. The lowest BCUT2D eigenvalue weighted by Crippen LogP contribution is -2.19. The summed E-state index contributed by atoms with van der Waals surface area (Å²) in [4.78, 5) is 0. The summed E-state index contributed by atoms with van der Waals surface area (Å²) in [5.74, 6) is 0. The molecule has 0 saturated carbocycles. The van der Waals surface area contributed by atoms with Gasteiger partial charge in [0.1, 0.15) is 0 Å². The minimum absolute atomic E-state index is 0.140. The first-order chi connectivity index (χ1) is 10.0. The van der Waals surface area contributed by atoms with E-state index in [-0.39, 0.29) is 6.04 Å². The molecule has 0 bridgehead atoms. The van der Waals surface area contributed by atoms with Crippen LogP contribution in [0.25, 0.3) is 0 Å². The molecular formula is C16H21Cl2N3. The van der Waals surface area contributed by atoms with Crippen LogP contribution in [-0.2, 0) is 6.42 Å². The van der Waals surface area contributed by atoms with Gasteiger partial charge in [0.25, 0.3) is 0 Å². The average molecular weight is 326 g/mol. The predicted molar refractivity (Wildman–Crippen MR) is 89.2 cm³/mol. The minimum Gasteiger partial charge on any atom is -0.313 e. The smallest absolute Gasteiger partial charge is 0.0643 e. The van der Waals surface area contributed by atoms with Crippen LogP contribution in [0.4, 0.5) is 0 Å². The second-order valence-corrected chi connectivity index (χ2v) is 6.17. The van der Waals surface area contributed by atoms with Crippen LogP contribution in [0.5, 0.6) is 0 Å². The monoisotopic (exact) mass is 325 g/mol. The van der Waals surface area contributed by atoms with E-state index in [0.29, 0.717) is 16.1 Å². The topological polar surface area (TPSA) is 29.9 Å². The van der Waals surface area contributed by atoms with Crippen molar-refractivity contribution in [1.29, 1.82) is 0 Å². The van der Waals surface area contributed by atoms with Gasteiger partial charge in [0.05, 0.1) is 5.69 Å². The standard InChI is InChI=1S/C16H21Cl2N3/c1-4-11(2)21-6-5-15(20-21)10-16(19-3)12-7-13(17)9-14(18)8-12/h5-9,11,16,19H,4,10H2,1-3H3. The van der Waals surface area contributed by atoms with Gasteiger partial charge in [-0.15, -0.1) is 0 Å². The van der Waals surface area contributed by atoms with E-state index in [1.54, 1.807) is 6.07 Å². The van der Waals surface area contributed by atoms with Crippen LogP contribution in [-0.4, -0.2) is 16.8 Å². The largest absolute Gasteiger partial charge is 0.313 e. The summed E-state index contributed by atoms with van der Waals surface area (Å²) in [7, 11) is 1.94. The fourth-order valence-corrected chi connectivity index (χ4v) is 2.83. The van der Waals surface area contributed by atoms with Gasteiger partial charge in [0.15, 0.2) is 0 Å². The lowest BCUT2D eigenvalue weighted by atomic mass is 10.0. The molecule has 1 N–H and O–H groups in total. The molecule has 2 atom stereocenters. The SMILES string of the molecule is CCC(C)n1ccc(CC(NC)c2cc(Cl)cc(Cl)c2)n1. The van der Waals surface area contributed by atoms with Crippen LogP contribution >= 0.6 is 23.2 Å². The maximum Gasteiger partial charge on any atom is 0.0643 e. The molecule has 0 aliphatic rings. The third-order valence-corrected chi connectivity index (χ3v) is 4.19. The summed E-state index contributed by atoms with van der Waals surface area (Å²) in [6, 6.07) is 8.27. The van der Waals surface area contributed by atoms with Gasteiger partial charge in [-0.1, -0.05) is 30.1 Å². The van der Waals surface area contributed by atoms with Crippen LogP contribution in [0.1, 0.15) is 43.6 Å². The number of nitrogens with one attached hydrogen (secondary N) is 1. The molecular weight excluding hydrogens is 305 g/mol. The first-order valence-electron chi connectivity index (χ1n) is 7.20. The van der Waals surface area contributed by atoms with Gasteiger partial charge in [-0.05, 0) is 50.2 Å². The highest BCUT2D eigenvalue weighted by molar-refractivity contribution is 6.34. The average Bonchev–Trinajstić information content (AvgIpc) is 2.91. The first-order valence-corrected chi connectivity index (χ1v) is 7.96. The lowest BCUT2D eigenvalue weighted by molar-refractivity contribution is 0.469. The first kappa shape index (κ1) is 16.3. The Morgan fingerprint density at radius 2 is 1.90 bits per heavy atom. The zero-order valence-electron chi connectivity index (χ0n) is 12.6. The van der Waals surface area contributed by atoms with E-state index in [2.05, 4.69) is 30.3 Å². The number of hydrogen-bond donors (Lipinski definition) is 1. The predicted octanol–water partition coefficient (Wildman–Crippen LogP) is 4.66. The van der Waals surface area contributed by atoms with E-state index in [1.165, 1.54) is 0 Å². The number of benzene rings is 1. The molecule has 5 heteroatoms. The highest BCUT2D eigenvalue weighted by Gasteiger charge is 2.14. The quantitative estimate of drug-likeness (QED) is 0.836. The summed E-state index contributed by atoms with van der Waals surface area (Å²) in [6.07, 6.45) is 3.91. The molecule has 0 fully saturated rings. The van der Waals surface area contributed by atoms with Crippen LogP contribution in [0.15, 0.2) is 30.5 Å². The van der Waals surface area contributed by atoms with Gasteiger partial charge in [0.2, 0.25) is 0 Å². The van der Waals surface area contributed by atoms with Crippen molar-refractivity contribution in [2.75, 3.05) is 7.05 Å². The zero-order chi connectivity index (χ0) is 15.4. The van der Waals surface area contributed by atoms with Crippen LogP contribution in [0.2, 0.25) is 10.0 Å². The second-order valence-electron chi connectivity index (χ2n) is 5.29. The van der Waals surface area contributed by atoms with E-state index in [4.69, 9.17) is 23.2 Å². The zero-order valence-corrected chi connectivity index (χ0v) is 14.1. The molecule has 21 heavy (non-hydrogen) atoms. The van der Waals surface area contributed by atoms with Gasteiger partial charge in [-0.25, -0.2) is 0 Å². The Balaban J connectivity index is 2.17. The summed E-state index contributed by atoms with van der Waals surface area (Å²) in [5.41, 5.74) is 2.14. The van der Waals surface area contributed by atoms with Crippen molar-refractivity contribution in [2.45, 2.75) is 38.8 Å². The molecule has 3 nitrogen and oxygen atoms in total. The summed E-state index contributed by atoms with van der Waals surface area (Å²) in [6.45, 7) is 4.33. The number of nitrogens with zero attached hydrogens (tertiary/aromatic N) is 2. The molecule has 2 aromatic rings. The molecule has 1 aromatic heterocycles. The fourth-order valence-electron chi connectivity index (χ4n) is 2.29. The Bertz CT molecular complexity index is 575. The van der Waals surface area contributed by atoms with Crippen molar-refractivity contribution in [3.63, 3.8) is 0 Å². The lowest BCUT2D eigenvalue weighted by Gasteiger charge is -2.16. The van der Waals surface area contributed by atoms with Crippen molar-refractivity contribution in [2.24, 2.45) is 0 Å². The van der Waals surface area contributed by atoms with E-state index < -0.39 is 0 Å². The summed E-state index contributed by atoms with van der Waals surface area (Å²) < 4.78 is 2.02. The molecule has 114 valence electrons. The second kappa shape index (κ2) is 7.30. The van der Waals surface area contributed by atoms with Crippen LogP contribution in [0, 0.1) is 0 Å². The van der Waals surface area contributed by atoms with Gasteiger partial charge < -0.3 is 5.32 Å². The maximum absolute atomic E-state index is 6.09. The molecule has 0 aliphatic carbocycles. The molecule has 2 unspecified atom stereocenters. The van der Waals surface area contributed by atoms with Gasteiger partial charge in [-0.2, -0.15) is 5.10 Å². The van der Waals surface area contributed by atoms with E-state index in [0.717, 1.165) is 24.1 Å². The van der Waals surface area contributed by atoms with Crippen molar-refractivity contribution in [1.82, 2.24) is 15.1 Å². The van der Waals surface area contributed by atoms with Crippen molar-refractivity contribution >= 4 is 23.2 Å². The number of likely N-dealkylation sites (N-methyl/N-ethyl adjacent to an activating group) is 1. The normalized spacial score (nSPS) is 14.1. The Hall–Kier alpha value is -1.03.